The fourth-order valence-corrected chi connectivity index (χ4v) is 2.40. The van der Waals surface area contributed by atoms with Crippen LogP contribution < -0.4 is 0 Å². The monoisotopic (exact) mass is 322 g/mol. The molecule has 0 spiro atoms. The lowest BCUT2D eigenvalue weighted by atomic mass is 9.99. The van der Waals surface area contributed by atoms with E-state index in [4.69, 9.17) is 11.6 Å². The minimum Gasteiger partial charge on any atom is -0.507 e. The SMILES string of the molecule is CC(C)=CCC/C(C)=C\Cc1c(O)c(Cl)c(C)c(C=O)c1O. The van der Waals surface area contributed by atoms with E-state index in [-0.39, 0.29) is 22.1 Å². The predicted molar refractivity (Wildman–Crippen MR) is 91.0 cm³/mol. The normalized spacial score (nSPS) is 11.4. The van der Waals surface area contributed by atoms with E-state index in [0.29, 0.717) is 23.8 Å². The number of allylic oxidation sites excluding steroid dienone is 4. The summed E-state index contributed by atoms with van der Waals surface area (Å²) in [6.45, 7) is 7.72. The first-order chi connectivity index (χ1) is 10.3. The van der Waals surface area contributed by atoms with Crippen LogP contribution in [0.25, 0.3) is 0 Å². The predicted octanol–water partition coefficient (Wildman–Crippen LogP) is 5.11. The smallest absolute Gasteiger partial charge is 0.154 e. The summed E-state index contributed by atoms with van der Waals surface area (Å²) in [6.07, 6.45) is 6.86. The summed E-state index contributed by atoms with van der Waals surface area (Å²) in [5.41, 5.74) is 3.25. The number of carbonyl (C=O) groups excluding carboxylic acids is 1. The molecule has 0 bridgehead atoms. The standard InChI is InChI=1S/C18H23ClO3/c1-11(2)6-5-7-12(3)8-9-14-17(21)15(10-20)13(4)16(19)18(14)22/h6,8,10,21-22H,5,7,9H2,1-4H3/b12-8-. The van der Waals surface area contributed by atoms with Gasteiger partial charge in [-0.2, -0.15) is 0 Å². The maximum absolute atomic E-state index is 11.1. The number of hydrogen-bond acceptors (Lipinski definition) is 3. The van der Waals surface area contributed by atoms with Crippen molar-refractivity contribution in [2.75, 3.05) is 0 Å². The molecule has 0 saturated heterocycles. The van der Waals surface area contributed by atoms with Gasteiger partial charge in [0.2, 0.25) is 0 Å². The van der Waals surface area contributed by atoms with Crippen LogP contribution in [-0.2, 0) is 6.42 Å². The van der Waals surface area contributed by atoms with E-state index in [1.807, 2.05) is 13.0 Å². The maximum Gasteiger partial charge on any atom is 0.154 e. The molecule has 0 radical (unpaired) electrons. The number of hydrogen-bond donors (Lipinski definition) is 2. The van der Waals surface area contributed by atoms with Crippen molar-refractivity contribution >= 4 is 17.9 Å². The Hall–Kier alpha value is -1.74. The van der Waals surface area contributed by atoms with Gasteiger partial charge in [-0.05, 0) is 52.5 Å². The highest BCUT2D eigenvalue weighted by molar-refractivity contribution is 6.33. The van der Waals surface area contributed by atoms with Crippen molar-refractivity contribution in [3.05, 3.63) is 45.0 Å². The van der Waals surface area contributed by atoms with Gasteiger partial charge in [0.15, 0.2) is 6.29 Å². The summed E-state index contributed by atoms with van der Waals surface area (Å²) in [6, 6.07) is 0. The Balaban J connectivity index is 3.01. The molecule has 1 aromatic rings. The van der Waals surface area contributed by atoms with Crippen molar-refractivity contribution in [1.29, 1.82) is 0 Å². The number of aldehydes is 1. The molecular weight excluding hydrogens is 300 g/mol. The van der Waals surface area contributed by atoms with Gasteiger partial charge in [0.1, 0.15) is 11.5 Å². The maximum atomic E-state index is 11.1. The molecule has 0 aromatic heterocycles. The zero-order valence-corrected chi connectivity index (χ0v) is 14.3. The Kier molecular flexibility index (Phi) is 6.69. The average molecular weight is 323 g/mol. The fraction of sp³-hybridized carbons (Fsp3) is 0.389. The highest BCUT2D eigenvalue weighted by atomic mass is 35.5. The average Bonchev–Trinajstić information content (AvgIpc) is 2.45. The Labute approximate surface area is 136 Å². The fourth-order valence-electron chi connectivity index (χ4n) is 2.19. The first-order valence-electron chi connectivity index (χ1n) is 7.26. The van der Waals surface area contributed by atoms with E-state index in [0.717, 1.165) is 18.4 Å². The van der Waals surface area contributed by atoms with Crippen molar-refractivity contribution < 1.29 is 15.0 Å². The number of carbonyl (C=O) groups is 1. The quantitative estimate of drug-likeness (QED) is 0.565. The van der Waals surface area contributed by atoms with Crippen LogP contribution in [-0.4, -0.2) is 16.5 Å². The van der Waals surface area contributed by atoms with Crippen molar-refractivity contribution in [3.8, 4) is 11.5 Å². The molecule has 0 saturated carbocycles. The van der Waals surface area contributed by atoms with Crippen LogP contribution in [0.4, 0.5) is 0 Å². The van der Waals surface area contributed by atoms with Gasteiger partial charge in [0.05, 0.1) is 10.6 Å². The third-order valence-electron chi connectivity index (χ3n) is 3.63. The van der Waals surface area contributed by atoms with Gasteiger partial charge < -0.3 is 10.2 Å². The zero-order chi connectivity index (χ0) is 16.9. The van der Waals surface area contributed by atoms with E-state index in [1.165, 1.54) is 5.57 Å². The second kappa shape index (κ2) is 8.04. The molecule has 0 aliphatic rings. The lowest BCUT2D eigenvalue weighted by Crippen LogP contribution is -1.96. The first kappa shape index (κ1) is 18.3. The minimum atomic E-state index is -0.192. The number of phenolic OH excluding ortho intramolecular Hbond substituents is 2. The van der Waals surface area contributed by atoms with Crippen LogP contribution in [0.5, 0.6) is 11.5 Å². The largest absolute Gasteiger partial charge is 0.507 e. The Bertz CT molecular complexity index is 624. The number of halogens is 1. The molecule has 0 aliphatic carbocycles. The summed E-state index contributed by atoms with van der Waals surface area (Å²) >= 11 is 6.02. The van der Waals surface area contributed by atoms with Gasteiger partial charge in [-0.3, -0.25) is 4.79 Å². The Morgan fingerprint density at radius 3 is 2.32 bits per heavy atom. The summed E-state index contributed by atoms with van der Waals surface area (Å²) < 4.78 is 0. The first-order valence-corrected chi connectivity index (χ1v) is 7.64. The molecule has 22 heavy (non-hydrogen) atoms. The highest BCUT2D eigenvalue weighted by Gasteiger charge is 2.19. The van der Waals surface area contributed by atoms with Crippen LogP contribution in [0, 0.1) is 6.92 Å². The van der Waals surface area contributed by atoms with E-state index < -0.39 is 0 Å². The number of phenols is 2. The zero-order valence-electron chi connectivity index (χ0n) is 13.5. The lowest BCUT2D eigenvalue weighted by Gasteiger charge is -2.13. The molecule has 0 atom stereocenters. The van der Waals surface area contributed by atoms with E-state index in [9.17, 15) is 15.0 Å². The van der Waals surface area contributed by atoms with E-state index in [1.54, 1.807) is 6.92 Å². The van der Waals surface area contributed by atoms with Gasteiger partial charge in [0.25, 0.3) is 0 Å². The van der Waals surface area contributed by atoms with Crippen LogP contribution in [0.2, 0.25) is 5.02 Å². The second-order valence-corrected chi connectivity index (χ2v) is 6.10. The minimum absolute atomic E-state index is 0.116. The number of rotatable bonds is 6. The van der Waals surface area contributed by atoms with Gasteiger partial charge in [-0.1, -0.05) is 34.9 Å². The summed E-state index contributed by atoms with van der Waals surface area (Å²) in [5, 5.41) is 20.4. The third kappa shape index (κ3) is 4.38. The molecule has 1 rings (SSSR count). The molecule has 0 heterocycles. The molecule has 0 amide bonds. The van der Waals surface area contributed by atoms with Crippen molar-refractivity contribution in [1.82, 2.24) is 0 Å². The number of benzene rings is 1. The summed E-state index contributed by atoms with van der Waals surface area (Å²) in [5.74, 6) is -0.349. The van der Waals surface area contributed by atoms with Crippen LogP contribution in [0.3, 0.4) is 0 Å². The molecule has 4 heteroatoms. The molecule has 1 aromatic carbocycles. The molecule has 0 fully saturated rings. The Morgan fingerprint density at radius 1 is 1.14 bits per heavy atom. The highest BCUT2D eigenvalue weighted by Crippen LogP contribution is 2.40. The van der Waals surface area contributed by atoms with E-state index >= 15 is 0 Å². The van der Waals surface area contributed by atoms with Gasteiger partial charge in [-0.15, -0.1) is 0 Å². The van der Waals surface area contributed by atoms with Crippen LogP contribution in [0.1, 0.15) is 55.1 Å². The Morgan fingerprint density at radius 2 is 1.77 bits per heavy atom. The lowest BCUT2D eigenvalue weighted by molar-refractivity contribution is 0.112. The molecular formula is C18H23ClO3. The summed E-state index contributed by atoms with van der Waals surface area (Å²) in [4.78, 5) is 11.1. The number of aromatic hydroxyl groups is 2. The summed E-state index contributed by atoms with van der Waals surface area (Å²) in [7, 11) is 0. The molecule has 120 valence electrons. The van der Waals surface area contributed by atoms with Crippen LogP contribution >= 0.6 is 11.6 Å². The van der Waals surface area contributed by atoms with Crippen molar-refractivity contribution in [2.24, 2.45) is 0 Å². The second-order valence-electron chi connectivity index (χ2n) is 5.72. The molecule has 0 aliphatic heterocycles. The van der Waals surface area contributed by atoms with Crippen LogP contribution in [0.15, 0.2) is 23.3 Å². The van der Waals surface area contributed by atoms with E-state index in [2.05, 4.69) is 19.9 Å². The van der Waals surface area contributed by atoms with Crippen molar-refractivity contribution in [3.63, 3.8) is 0 Å². The van der Waals surface area contributed by atoms with Gasteiger partial charge in [0, 0.05) is 5.56 Å². The topological polar surface area (TPSA) is 57.5 Å². The van der Waals surface area contributed by atoms with Crippen molar-refractivity contribution in [2.45, 2.75) is 47.0 Å². The molecule has 3 nitrogen and oxygen atoms in total. The third-order valence-corrected chi connectivity index (χ3v) is 4.09. The molecule has 0 unspecified atom stereocenters. The molecule has 2 N–H and O–H groups in total. The van der Waals surface area contributed by atoms with Gasteiger partial charge >= 0.3 is 0 Å². The van der Waals surface area contributed by atoms with Gasteiger partial charge in [-0.25, -0.2) is 0 Å².